The van der Waals surface area contributed by atoms with Gasteiger partial charge in [-0.25, -0.2) is 0 Å². The summed E-state index contributed by atoms with van der Waals surface area (Å²) in [6.07, 6.45) is 12.1. The lowest BCUT2D eigenvalue weighted by molar-refractivity contribution is -0.156. The van der Waals surface area contributed by atoms with Crippen molar-refractivity contribution in [3.05, 3.63) is 24.3 Å². The van der Waals surface area contributed by atoms with Crippen molar-refractivity contribution in [2.45, 2.75) is 19.3 Å². The number of rotatable bonds is 0. The van der Waals surface area contributed by atoms with Crippen LogP contribution >= 0.6 is 0 Å². The Balaban J connectivity index is 0.000000113. The number of allylic oxidation sites excluding steroid dienone is 4. The Morgan fingerprint density at radius 3 is 1.38 bits per heavy atom. The quantitative estimate of drug-likeness (QED) is 0.270. The fourth-order valence-electron chi connectivity index (χ4n) is 8.62. The molecule has 0 amide bonds. The summed E-state index contributed by atoms with van der Waals surface area (Å²) in [4.78, 5) is 45.9. The van der Waals surface area contributed by atoms with Crippen LogP contribution in [0.15, 0.2) is 24.3 Å². The molecule has 2 aliphatic heterocycles. The minimum Gasteiger partial charge on any atom is -0.393 e. The van der Waals surface area contributed by atoms with Gasteiger partial charge in [0, 0.05) is 0 Å². The van der Waals surface area contributed by atoms with Crippen molar-refractivity contribution in [1.29, 1.82) is 0 Å². The number of ether oxygens (including phenoxy) is 2. The van der Waals surface area contributed by atoms with Crippen LogP contribution in [0.4, 0.5) is 0 Å². The topological polar surface area (TPSA) is 86.7 Å². The van der Waals surface area contributed by atoms with Crippen molar-refractivity contribution < 1.29 is 28.7 Å². The average Bonchev–Trinajstić information content (AvgIpc) is 3.52. The van der Waals surface area contributed by atoms with E-state index in [1.165, 1.54) is 6.42 Å². The molecule has 6 fully saturated rings. The van der Waals surface area contributed by atoms with Crippen LogP contribution in [0, 0.1) is 71.0 Å². The molecule has 0 aromatic rings. The maximum Gasteiger partial charge on any atom is 0.318 e. The maximum absolute atomic E-state index is 11.8. The highest BCUT2D eigenvalue weighted by molar-refractivity contribution is 5.98. The van der Waals surface area contributed by atoms with Crippen LogP contribution in [0.2, 0.25) is 0 Å². The summed E-state index contributed by atoms with van der Waals surface area (Å²) >= 11 is 0. The number of hydrogen-bond acceptors (Lipinski definition) is 6. The fraction of sp³-hybridized carbons (Fsp3) is 0.652. The Bertz CT molecular complexity index is 864. The van der Waals surface area contributed by atoms with Gasteiger partial charge in [0.2, 0.25) is 0 Å². The molecule has 6 heteroatoms. The first-order valence-electron chi connectivity index (χ1n) is 10.9. The third kappa shape index (κ3) is 1.89. The predicted octanol–water partition coefficient (Wildman–Crippen LogP) is 1.90. The van der Waals surface area contributed by atoms with Gasteiger partial charge in [-0.3, -0.25) is 19.2 Å². The van der Waals surface area contributed by atoms with Crippen LogP contribution < -0.4 is 0 Å². The molecule has 8 rings (SSSR count). The molecule has 0 radical (unpaired) electrons. The summed E-state index contributed by atoms with van der Waals surface area (Å²) in [7, 11) is 0. The zero-order valence-electron chi connectivity index (χ0n) is 15.8. The molecule has 6 nitrogen and oxygen atoms in total. The number of cyclic esters (lactones) is 4. The highest BCUT2D eigenvalue weighted by Crippen LogP contribution is 2.69. The average molecular weight is 394 g/mol. The van der Waals surface area contributed by atoms with Crippen LogP contribution in [-0.4, -0.2) is 23.9 Å². The number of esters is 4. The SMILES string of the molecule is O=C1OC(=O)C2C3C=CC(C3)C12.O=C1OC(=O)C2C3CC(C12)C1C2C=CC(C2)C31. The second-order valence-electron chi connectivity index (χ2n) is 10.2. The maximum atomic E-state index is 11.8. The summed E-state index contributed by atoms with van der Waals surface area (Å²) in [6.45, 7) is 0. The van der Waals surface area contributed by atoms with E-state index in [9.17, 15) is 19.2 Å². The summed E-state index contributed by atoms with van der Waals surface area (Å²) in [5.74, 6) is 2.64. The second-order valence-corrected chi connectivity index (χ2v) is 10.2. The van der Waals surface area contributed by atoms with E-state index in [0.29, 0.717) is 35.5 Å². The number of fused-ring (bicyclic) bond motifs is 17. The van der Waals surface area contributed by atoms with Crippen LogP contribution in [0.25, 0.3) is 0 Å². The van der Waals surface area contributed by atoms with Gasteiger partial charge in [-0.15, -0.1) is 0 Å². The normalized spacial score (nSPS) is 55.7. The van der Waals surface area contributed by atoms with E-state index in [-0.39, 0.29) is 59.4 Å². The zero-order chi connectivity index (χ0) is 19.6. The van der Waals surface area contributed by atoms with Crippen molar-refractivity contribution >= 4 is 23.9 Å². The van der Waals surface area contributed by atoms with Crippen LogP contribution in [0.3, 0.4) is 0 Å². The van der Waals surface area contributed by atoms with Crippen LogP contribution in [0.1, 0.15) is 19.3 Å². The summed E-state index contributed by atoms with van der Waals surface area (Å²) < 4.78 is 9.46. The molecule has 150 valence electrons. The zero-order valence-corrected chi connectivity index (χ0v) is 15.8. The van der Waals surface area contributed by atoms with E-state index in [0.717, 1.165) is 12.8 Å². The molecule has 0 N–H and O–H groups in total. The largest absolute Gasteiger partial charge is 0.393 e. The van der Waals surface area contributed by atoms with Gasteiger partial charge in [-0.05, 0) is 66.6 Å². The number of hydrogen-bond donors (Lipinski definition) is 0. The van der Waals surface area contributed by atoms with Gasteiger partial charge in [-0.2, -0.15) is 0 Å². The van der Waals surface area contributed by atoms with E-state index in [1.807, 2.05) is 12.2 Å². The lowest BCUT2D eigenvalue weighted by atomic mass is 9.65. The van der Waals surface area contributed by atoms with Gasteiger partial charge in [0.1, 0.15) is 0 Å². The Labute approximate surface area is 167 Å². The lowest BCUT2D eigenvalue weighted by Crippen LogP contribution is -2.38. The van der Waals surface area contributed by atoms with E-state index in [2.05, 4.69) is 16.9 Å². The Morgan fingerprint density at radius 2 is 0.897 bits per heavy atom. The van der Waals surface area contributed by atoms with Crippen molar-refractivity contribution in [3.63, 3.8) is 0 Å². The van der Waals surface area contributed by atoms with Gasteiger partial charge in [-0.1, -0.05) is 24.3 Å². The minimum atomic E-state index is -0.304. The number of carbonyl (C=O) groups excluding carboxylic acids is 4. The van der Waals surface area contributed by atoms with E-state index < -0.39 is 0 Å². The van der Waals surface area contributed by atoms with E-state index in [1.54, 1.807) is 0 Å². The van der Waals surface area contributed by atoms with Gasteiger partial charge in [0.05, 0.1) is 23.7 Å². The summed E-state index contributed by atoms with van der Waals surface area (Å²) in [6, 6.07) is 0. The molecule has 4 saturated carbocycles. The smallest absolute Gasteiger partial charge is 0.318 e. The molecule has 6 bridgehead atoms. The molecule has 0 aromatic carbocycles. The molecule has 29 heavy (non-hydrogen) atoms. The van der Waals surface area contributed by atoms with Gasteiger partial charge >= 0.3 is 23.9 Å². The Hall–Kier alpha value is -2.24. The molecule has 12 atom stereocenters. The molecule has 0 aromatic heterocycles. The minimum absolute atomic E-state index is 0.0819. The highest BCUT2D eigenvalue weighted by Gasteiger charge is 2.70. The Kier molecular flexibility index (Phi) is 3.00. The van der Waals surface area contributed by atoms with Crippen molar-refractivity contribution in [2.75, 3.05) is 0 Å². The van der Waals surface area contributed by atoms with Gasteiger partial charge in [0.15, 0.2) is 0 Å². The van der Waals surface area contributed by atoms with Gasteiger partial charge < -0.3 is 9.47 Å². The molecular formula is C23H22O6. The molecule has 12 unspecified atom stereocenters. The first kappa shape index (κ1) is 16.5. The standard InChI is InChI=1S/C14H14O3.C9H8O3/c15-13-11-7-4-8(12(11)14(16)17-13)10-6-2-1-5(3-6)9(7)10;10-8-6-4-1-2-5(3-4)7(6)9(11)12-8/h1-2,5-12H,3-4H2;1-2,4-7H,3H2. The molecule has 6 aliphatic carbocycles. The second kappa shape index (κ2) is 5.27. The summed E-state index contributed by atoms with van der Waals surface area (Å²) in [5, 5.41) is 0. The van der Waals surface area contributed by atoms with Crippen LogP contribution in [-0.2, 0) is 28.7 Å². The third-order valence-electron chi connectivity index (χ3n) is 9.38. The fourth-order valence-corrected chi connectivity index (χ4v) is 8.62. The lowest BCUT2D eigenvalue weighted by Gasteiger charge is -2.35. The molecule has 2 saturated heterocycles. The predicted molar refractivity (Wildman–Crippen MR) is 96.2 cm³/mol. The van der Waals surface area contributed by atoms with Crippen molar-refractivity contribution in [1.82, 2.24) is 0 Å². The van der Waals surface area contributed by atoms with Crippen LogP contribution in [0.5, 0.6) is 0 Å². The highest BCUT2D eigenvalue weighted by atomic mass is 16.6. The third-order valence-corrected chi connectivity index (χ3v) is 9.38. The van der Waals surface area contributed by atoms with E-state index >= 15 is 0 Å². The van der Waals surface area contributed by atoms with E-state index in [4.69, 9.17) is 4.74 Å². The first-order valence-corrected chi connectivity index (χ1v) is 10.9. The molecule has 0 spiro atoms. The summed E-state index contributed by atoms with van der Waals surface area (Å²) in [5.41, 5.74) is 0. The monoisotopic (exact) mass is 394 g/mol. The van der Waals surface area contributed by atoms with Crippen molar-refractivity contribution in [3.8, 4) is 0 Å². The number of carbonyl (C=O) groups is 4. The molecular weight excluding hydrogens is 372 g/mol. The van der Waals surface area contributed by atoms with Gasteiger partial charge in [0.25, 0.3) is 0 Å². The first-order chi connectivity index (χ1) is 14.0. The molecule has 2 heterocycles. The molecule has 8 aliphatic rings. The Morgan fingerprint density at radius 1 is 0.517 bits per heavy atom. The van der Waals surface area contributed by atoms with Crippen molar-refractivity contribution in [2.24, 2.45) is 71.0 Å².